The van der Waals surface area contributed by atoms with Gasteiger partial charge in [-0.25, -0.2) is 9.59 Å². The molecular formula is C7H10NaO7S. The molecule has 0 aliphatic rings. The minimum absolute atomic E-state index is 0. The molecule has 0 aliphatic carbocycles. The van der Waals surface area contributed by atoms with Crippen LogP contribution in [-0.4, -0.2) is 70.4 Å². The molecule has 1 radical (unpaired) electrons. The fourth-order valence-corrected chi connectivity index (χ4v) is 1.34. The van der Waals surface area contributed by atoms with Crippen LogP contribution in [0.4, 0.5) is 0 Å². The summed E-state index contributed by atoms with van der Waals surface area (Å²) in [6.07, 6.45) is 0.109. The van der Waals surface area contributed by atoms with E-state index in [-0.39, 0.29) is 42.4 Å². The van der Waals surface area contributed by atoms with Gasteiger partial charge < -0.3 is 10.2 Å². The van der Waals surface area contributed by atoms with E-state index in [4.69, 9.17) is 14.8 Å². The van der Waals surface area contributed by atoms with Gasteiger partial charge in [-0.15, -0.1) is 0 Å². The summed E-state index contributed by atoms with van der Waals surface area (Å²) in [5.74, 6) is -3.44. The van der Waals surface area contributed by atoms with E-state index in [0.717, 1.165) is 0 Å². The number of carbonyl (C=O) groups is 2. The van der Waals surface area contributed by atoms with E-state index < -0.39 is 33.4 Å². The summed E-state index contributed by atoms with van der Waals surface area (Å²) in [5, 5.41) is 16.8. The van der Waals surface area contributed by atoms with Gasteiger partial charge in [0, 0.05) is 41.2 Å². The minimum Gasteiger partial charge on any atom is -0.478 e. The van der Waals surface area contributed by atoms with Crippen LogP contribution in [0.3, 0.4) is 0 Å². The van der Waals surface area contributed by atoms with Gasteiger partial charge >= 0.3 is 11.9 Å². The standard InChI is InChI=1S/C7H10O7S.Na/c8-6(9)4-5(7(10)11)2-1-3-15(12,13)14;/h4H,1-3H2,(H,8,9)(H,10,11)(H,12,13,14);/b5-4-;. The average Bonchev–Trinajstić information content (AvgIpc) is 1.99. The molecule has 7 nitrogen and oxygen atoms in total. The Morgan fingerprint density at radius 3 is 2.00 bits per heavy atom. The zero-order valence-corrected chi connectivity index (χ0v) is 11.4. The van der Waals surface area contributed by atoms with Crippen molar-refractivity contribution in [1.29, 1.82) is 0 Å². The molecular weight excluding hydrogens is 251 g/mol. The Kier molecular flexibility index (Phi) is 8.76. The predicted octanol–water partition coefficient (Wildman–Crippen LogP) is -0.631. The molecule has 0 aromatic carbocycles. The van der Waals surface area contributed by atoms with Crippen molar-refractivity contribution in [2.45, 2.75) is 12.8 Å². The number of carboxylic acid groups (broad SMARTS) is 2. The predicted molar refractivity (Wildman–Crippen MR) is 54.8 cm³/mol. The first-order valence-electron chi connectivity index (χ1n) is 3.84. The molecule has 16 heavy (non-hydrogen) atoms. The fraction of sp³-hybridized carbons (Fsp3) is 0.429. The second-order valence-corrected chi connectivity index (χ2v) is 4.27. The molecule has 0 spiro atoms. The van der Waals surface area contributed by atoms with Gasteiger partial charge in [-0.05, 0) is 12.8 Å². The van der Waals surface area contributed by atoms with E-state index in [1.165, 1.54) is 0 Å². The molecule has 0 aromatic rings. The third-order valence-electron chi connectivity index (χ3n) is 1.42. The molecule has 0 saturated carbocycles. The summed E-state index contributed by atoms with van der Waals surface area (Å²) in [7, 11) is -4.14. The van der Waals surface area contributed by atoms with Crippen molar-refractivity contribution in [1.82, 2.24) is 0 Å². The molecule has 0 rings (SSSR count). The SMILES string of the molecule is O=C(O)/C=C(/CCCS(=O)(=O)O)C(=O)O.[Na]. The van der Waals surface area contributed by atoms with Gasteiger partial charge in [-0.2, -0.15) is 8.42 Å². The molecule has 0 fully saturated rings. The Morgan fingerprint density at radius 1 is 1.19 bits per heavy atom. The molecule has 87 valence electrons. The van der Waals surface area contributed by atoms with Crippen molar-refractivity contribution in [2.75, 3.05) is 5.75 Å². The number of carboxylic acids is 2. The van der Waals surface area contributed by atoms with Gasteiger partial charge in [0.05, 0.1) is 5.75 Å². The van der Waals surface area contributed by atoms with E-state index in [0.29, 0.717) is 6.08 Å². The van der Waals surface area contributed by atoms with Crippen LogP contribution in [-0.2, 0) is 19.7 Å². The number of aliphatic carboxylic acids is 2. The van der Waals surface area contributed by atoms with Crippen LogP contribution in [0.1, 0.15) is 12.8 Å². The normalized spacial score (nSPS) is 11.7. The summed E-state index contributed by atoms with van der Waals surface area (Å²) in [6.45, 7) is 0. The summed E-state index contributed by atoms with van der Waals surface area (Å²) < 4.78 is 28.9. The molecule has 9 heteroatoms. The maximum Gasteiger partial charge on any atom is 0.331 e. The minimum atomic E-state index is -4.14. The number of hydrogen-bond donors (Lipinski definition) is 3. The van der Waals surface area contributed by atoms with Crippen molar-refractivity contribution in [2.24, 2.45) is 0 Å². The molecule has 0 aliphatic heterocycles. The van der Waals surface area contributed by atoms with Gasteiger partial charge in [0.15, 0.2) is 0 Å². The Labute approximate surface area is 114 Å². The maximum absolute atomic E-state index is 10.4. The van der Waals surface area contributed by atoms with Crippen molar-refractivity contribution in [3.8, 4) is 0 Å². The molecule has 0 heterocycles. The van der Waals surface area contributed by atoms with Gasteiger partial charge in [0.2, 0.25) is 0 Å². The van der Waals surface area contributed by atoms with Crippen LogP contribution >= 0.6 is 0 Å². The first kappa shape index (κ1) is 18.0. The molecule has 0 amide bonds. The van der Waals surface area contributed by atoms with Gasteiger partial charge in [0.25, 0.3) is 10.1 Å². The van der Waals surface area contributed by atoms with Gasteiger partial charge in [-0.1, -0.05) is 0 Å². The fourth-order valence-electron chi connectivity index (χ4n) is 0.835. The van der Waals surface area contributed by atoms with E-state index in [9.17, 15) is 18.0 Å². The zero-order chi connectivity index (χ0) is 12.1. The first-order chi connectivity index (χ1) is 6.72. The van der Waals surface area contributed by atoms with E-state index in [1.807, 2.05) is 0 Å². The molecule has 0 unspecified atom stereocenters. The van der Waals surface area contributed by atoms with Crippen molar-refractivity contribution < 1.29 is 32.8 Å². The van der Waals surface area contributed by atoms with Gasteiger partial charge in [-0.3, -0.25) is 4.55 Å². The van der Waals surface area contributed by atoms with Crippen LogP contribution < -0.4 is 0 Å². The van der Waals surface area contributed by atoms with Crippen LogP contribution in [0.25, 0.3) is 0 Å². The Morgan fingerprint density at radius 2 is 1.69 bits per heavy atom. The first-order valence-corrected chi connectivity index (χ1v) is 5.45. The van der Waals surface area contributed by atoms with Crippen molar-refractivity contribution in [3.05, 3.63) is 11.6 Å². The maximum atomic E-state index is 10.4. The largest absolute Gasteiger partial charge is 0.478 e. The van der Waals surface area contributed by atoms with Crippen molar-refractivity contribution >= 4 is 51.6 Å². The van der Waals surface area contributed by atoms with Crippen LogP contribution in [0.15, 0.2) is 11.6 Å². The monoisotopic (exact) mass is 261 g/mol. The Balaban J connectivity index is 0. The Bertz CT molecular complexity index is 384. The third kappa shape index (κ3) is 10.1. The van der Waals surface area contributed by atoms with E-state index >= 15 is 0 Å². The van der Waals surface area contributed by atoms with Crippen molar-refractivity contribution in [3.63, 3.8) is 0 Å². The summed E-state index contributed by atoms with van der Waals surface area (Å²) in [4.78, 5) is 20.6. The molecule has 0 aromatic heterocycles. The number of hydrogen-bond acceptors (Lipinski definition) is 4. The second-order valence-electron chi connectivity index (χ2n) is 2.70. The average molecular weight is 261 g/mol. The smallest absolute Gasteiger partial charge is 0.331 e. The van der Waals surface area contributed by atoms with E-state index in [1.54, 1.807) is 0 Å². The quantitative estimate of drug-likeness (QED) is 0.329. The number of rotatable bonds is 6. The third-order valence-corrected chi connectivity index (χ3v) is 2.23. The molecule has 0 saturated heterocycles. The summed E-state index contributed by atoms with van der Waals surface area (Å²) in [5.41, 5.74) is -0.411. The summed E-state index contributed by atoms with van der Waals surface area (Å²) in [6, 6.07) is 0. The Hall–Kier alpha value is -0.410. The van der Waals surface area contributed by atoms with Crippen LogP contribution in [0, 0.1) is 0 Å². The van der Waals surface area contributed by atoms with E-state index in [2.05, 4.69) is 0 Å². The molecule has 3 N–H and O–H groups in total. The topological polar surface area (TPSA) is 129 Å². The van der Waals surface area contributed by atoms with Gasteiger partial charge in [0.1, 0.15) is 0 Å². The van der Waals surface area contributed by atoms with Crippen LogP contribution in [0.2, 0.25) is 0 Å². The summed E-state index contributed by atoms with van der Waals surface area (Å²) >= 11 is 0. The molecule has 0 atom stereocenters. The molecule has 0 bridgehead atoms. The zero-order valence-electron chi connectivity index (χ0n) is 8.58. The second kappa shape index (κ2) is 7.80. The van der Waals surface area contributed by atoms with Crippen LogP contribution in [0.5, 0.6) is 0 Å².